The largest absolute Gasteiger partial charge is 0.393 e. The first-order valence-electron chi connectivity index (χ1n) is 7.84. The Bertz CT molecular complexity index is 317. The van der Waals surface area contributed by atoms with E-state index >= 15 is 0 Å². The molecule has 3 unspecified atom stereocenters. The molecule has 0 radical (unpaired) electrons. The summed E-state index contributed by atoms with van der Waals surface area (Å²) in [6, 6.07) is 0.260. The molecule has 2 N–H and O–H groups in total. The molecule has 2 aliphatic heterocycles. The van der Waals surface area contributed by atoms with Gasteiger partial charge in [-0.05, 0) is 52.4 Å². The second-order valence-electron chi connectivity index (χ2n) is 6.44. The molecule has 2 rings (SSSR count). The maximum Gasteiger partial charge on any atom is 0.317 e. The van der Waals surface area contributed by atoms with Crippen LogP contribution in [0.25, 0.3) is 0 Å². The summed E-state index contributed by atoms with van der Waals surface area (Å²) < 4.78 is 5.69. The summed E-state index contributed by atoms with van der Waals surface area (Å²) in [6.07, 6.45) is 3.73. The van der Waals surface area contributed by atoms with Gasteiger partial charge in [-0.25, -0.2) is 4.79 Å². The number of carbonyl (C=O) groups is 1. The van der Waals surface area contributed by atoms with Crippen molar-refractivity contribution in [2.24, 2.45) is 5.92 Å². The number of carbonyl (C=O) groups excluding carboxylic acids is 1. The van der Waals surface area contributed by atoms with E-state index < -0.39 is 0 Å². The maximum absolute atomic E-state index is 12.3. The van der Waals surface area contributed by atoms with Crippen molar-refractivity contribution >= 4 is 6.03 Å². The Kier molecular flexibility index (Phi) is 5.27. The quantitative estimate of drug-likeness (QED) is 0.812. The lowest BCUT2D eigenvalue weighted by Crippen LogP contribution is -2.51. The van der Waals surface area contributed by atoms with Crippen LogP contribution in [0.2, 0.25) is 0 Å². The SMILES string of the molecule is CC1CC(NC(=O)N2CCC(C(C)O)CC2)CC(C)O1. The molecule has 0 aromatic carbocycles. The Hall–Kier alpha value is -0.810. The number of nitrogens with zero attached hydrogens (tertiary/aromatic N) is 1. The number of hydrogen-bond acceptors (Lipinski definition) is 3. The van der Waals surface area contributed by atoms with Crippen LogP contribution in [0.3, 0.4) is 0 Å². The molecule has 3 atom stereocenters. The van der Waals surface area contributed by atoms with E-state index in [2.05, 4.69) is 19.2 Å². The van der Waals surface area contributed by atoms with Crippen LogP contribution in [0.4, 0.5) is 4.79 Å². The number of nitrogens with one attached hydrogen (secondary N) is 1. The van der Waals surface area contributed by atoms with Crippen molar-refractivity contribution < 1.29 is 14.6 Å². The van der Waals surface area contributed by atoms with E-state index in [0.29, 0.717) is 5.92 Å². The zero-order chi connectivity index (χ0) is 14.7. The monoisotopic (exact) mass is 284 g/mol. The van der Waals surface area contributed by atoms with Gasteiger partial charge in [0.2, 0.25) is 0 Å². The van der Waals surface area contributed by atoms with Crippen LogP contribution in [-0.2, 0) is 4.74 Å². The lowest BCUT2D eigenvalue weighted by molar-refractivity contribution is -0.0409. The van der Waals surface area contributed by atoms with Gasteiger partial charge in [-0.1, -0.05) is 0 Å². The zero-order valence-electron chi connectivity index (χ0n) is 12.8. The summed E-state index contributed by atoms with van der Waals surface area (Å²) in [5.41, 5.74) is 0. The molecule has 0 aromatic rings. The zero-order valence-corrected chi connectivity index (χ0v) is 12.8. The molecule has 0 spiro atoms. The summed E-state index contributed by atoms with van der Waals surface area (Å²) in [5, 5.41) is 12.7. The normalized spacial score (nSPS) is 33.8. The molecule has 2 heterocycles. The number of likely N-dealkylation sites (tertiary alicyclic amines) is 1. The highest BCUT2D eigenvalue weighted by Gasteiger charge is 2.29. The summed E-state index contributed by atoms with van der Waals surface area (Å²) >= 11 is 0. The smallest absolute Gasteiger partial charge is 0.317 e. The lowest BCUT2D eigenvalue weighted by Gasteiger charge is -2.36. The third-order valence-electron chi connectivity index (χ3n) is 4.53. The van der Waals surface area contributed by atoms with Gasteiger partial charge in [-0.15, -0.1) is 0 Å². The summed E-state index contributed by atoms with van der Waals surface area (Å²) in [5.74, 6) is 0.335. The standard InChI is InChI=1S/C15H28N2O3/c1-10-8-14(9-11(2)20-10)16-15(19)17-6-4-13(5-7-17)12(3)18/h10-14,18H,4-9H2,1-3H3,(H,16,19). The first-order chi connectivity index (χ1) is 9.45. The molecule has 116 valence electrons. The molecule has 5 nitrogen and oxygen atoms in total. The molecule has 0 aromatic heterocycles. The second kappa shape index (κ2) is 6.76. The number of urea groups is 1. The molecule has 0 bridgehead atoms. The van der Waals surface area contributed by atoms with Crippen LogP contribution >= 0.6 is 0 Å². The van der Waals surface area contributed by atoms with Gasteiger partial charge in [0.05, 0.1) is 18.3 Å². The predicted molar refractivity (Wildman–Crippen MR) is 77.5 cm³/mol. The minimum atomic E-state index is -0.266. The van der Waals surface area contributed by atoms with Crippen molar-refractivity contribution in [1.29, 1.82) is 0 Å². The number of rotatable bonds is 2. The average molecular weight is 284 g/mol. The first kappa shape index (κ1) is 15.6. The Morgan fingerprint density at radius 3 is 2.30 bits per heavy atom. The number of aliphatic hydroxyl groups is 1. The summed E-state index contributed by atoms with van der Waals surface area (Å²) in [4.78, 5) is 14.1. The highest BCUT2D eigenvalue weighted by molar-refractivity contribution is 5.74. The Labute approximate surface area is 121 Å². The Morgan fingerprint density at radius 2 is 1.80 bits per heavy atom. The molecule has 0 aliphatic carbocycles. The average Bonchev–Trinajstić information content (AvgIpc) is 2.37. The third-order valence-corrected chi connectivity index (χ3v) is 4.53. The Balaban J connectivity index is 1.78. The number of hydrogen-bond donors (Lipinski definition) is 2. The van der Waals surface area contributed by atoms with Gasteiger partial charge in [0, 0.05) is 19.1 Å². The van der Waals surface area contributed by atoms with Gasteiger partial charge >= 0.3 is 6.03 Å². The van der Waals surface area contributed by atoms with Gasteiger partial charge in [0.1, 0.15) is 0 Å². The van der Waals surface area contributed by atoms with Gasteiger partial charge < -0.3 is 20.1 Å². The molecule has 2 aliphatic rings. The number of amides is 2. The van der Waals surface area contributed by atoms with Crippen molar-refractivity contribution in [3.63, 3.8) is 0 Å². The van der Waals surface area contributed by atoms with Crippen LogP contribution in [-0.4, -0.2) is 53.5 Å². The fraction of sp³-hybridized carbons (Fsp3) is 0.933. The summed E-state index contributed by atoms with van der Waals surface area (Å²) in [6.45, 7) is 7.45. The van der Waals surface area contributed by atoms with Crippen molar-refractivity contribution in [3.05, 3.63) is 0 Å². The number of aliphatic hydroxyl groups excluding tert-OH is 1. The van der Waals surface area contributed by atoms with Crippen molar-refractivity contribution in [3.8, 4) is 0 Å². The number of piperidine rings is 1. The molecule has 2 fully saturated rings. The molecule has 5 heteroatoms. The van der Waals surface area contributed by atoms with Crippen LogP contribution in [0, 0.1) is 5.92 Å². The van der Waals surface area contributed by atoms with E-state index in [4.69, 9.17) is 4.74 Å². The minimum Gasteiger partial charge on any atom is -0.393 e. The van der Waals surface area contributed by atoms with Gasteiger partial charge in [0.25, 0.3) is 0 Å². The minimum absolute atomic E-state index is 0.0420. The van der Waals surface area contributed by atoms with E-state index in [9.17, 15) is 9.90 Å². The first-order valence-corrected chi connectivity index (χ1v) is 7.84. The van der Waals surface area contributed by atoms with Crippen molar-refractivity contribution in [2.75, 3.05) is 13.1 Å². The van der Waals surface area contributed by atoms with Gasteiger partial charge in [-0.3, -0.25) is 0 Å². The number of ether oxygens (including phenoxy) is 1. The predicted octanol–water partition coefficient (Wildman–Crippen LogP) is 1.74. The second-order valence-corrected chi connectivity index (χ2v) is 6.44. The Morgan fingerprint density at radius 1 is 1.25 bits per heavy atom. The van der Waals surface area contributed by atoms with Crippen LogP contribution in [0.15, 0.2) is 0 Å². The molecule has 20 heavy (non-hydrogen) atoms. The molecule has 2 amide bonds. The molecule has 2 saturated heterocycles. The van der Waals surface area contributed by atoms with Crippen LogP contribution in [0.1, 0.15) is 46.5 Å². The highest BCUT2D eigenvalue weighted by atomic mass is 16.5. The van der Waals surface area contributed by atoms with Gasteiger partial charge in [0.15, 0.2) is 0 Å². The summed E-state index contributed by atoms with van der Waals surface area (Å²) in [7, 11) is 0. The van der Waals surface area contributed by atoms with Crippen molar-refractivity contribution in [1.82, 2.24) is 10.2 Å². The molecular weight excluding hydrogens is 256 g/mol. The third kappa shape index (κ3) is 4.09. The van der Waals surface area contributed by atoms with Crippen LogP contribution in [0.5, 0.6) is 0 Å². The fourth-order valence-electron chi connectivity index (χ4n) is 3.37. The van der Waals surface area contributed by atoms with E-state index in [-0.39, 0.29) is 30.4 Å². The lowest BCUT2D eigenvalue weighted by atomic mass is 9.92. The van der Waals surface area contributed by atoms with Crippen molar-refractivity contribution in [2.45, 2.75) is 70.8 Å². The fourth-order valence-corrected chi connectivity index (χ4v) is 3.37. The van der Waals surface area contributed by atoms with Gasteiger partial charge in [-0.2, -0.15) is 0 Å². The highest BCUT2D eigenvalue weighted by Crippen LogP contribution is 2.22. The molecular formula is C15H28N2O3. The van der Waals surface area contributed by atoms with E-state index in [1.165, 1.54) is 0 Å². The van der Waals surface area contributed by atoms with E-state index in [1.54, 1.807) is 0 Å². The molecule has 0 saturated carbocycles. The van der Waals surface area contributed by atoms with E-state index in [0.717, 1.165) is 38.8 Å². The van der Waals surface area contributed by atoms with E-state index in [1.807, 2.05) is 11.8 Å². The van der Waals surface area contributed by atoms with Crippen LogP contribution < -0.4 is 5.32 Å². The maximum atomic E-state index is 12.3. The topological polar surface area (TPSA) is 61.8 Å².